The van der Waals surface area contributed by atoms with Gasteiger partial charge in [0.05, 0.1) is 17.6 Å². The molecule has 0 amide bonds. The van der Waals surface area contributed by atoms with E-state index in [2.05, 4.69) is 22.4 Å². The van der Waals surface area contributed by atoms with Gasteiger partial charge in [-0.15, -0.1) is 0 Å². The molecule has 1 heterocycles. The first-order chi connectivity index (χ1) is 7.34. The molecule has 0 aliphatic heterocycles. The number of benzene rings is 1. The van der Waals surface area contributed by atoms with Crippen molar-refractivity contribution in [3.63, 3.8) is 0 Å². The molecule has 3 nitrogen and oxygen atoms in total. The maximum atomic E-state index is 4.11. The van der Waals surface area contributed by atoms with Gasteiger partial charge < -0.3 is 4.98 Å². The molecule has 2 rings (SSSR count). The van der Waals surface area contributed by atoms with E-state index < -0.39 is 0 Å². The lowest BCUT2D eigenvalue weighted by molar-refractivity contribution is 1.31. The topological polar surface area (TPSA) is 40.2 Å². The average molecular weight is 199 g/mol. The molecule has 0 spiro atoms. The van der Waals surface area contributed by atoms with Crippen molar-refractivity contribution in [1.82, 2.24) is 4.98 Å². The number of hydrogen-bond acceptors (Lipinski definition) is 2. The van der Waals surface area contributed by atoms with Gasteiger partial charge >= 0.3 is 0 Å². The summed E-state index contributed by atoms with van der Waals surface area (Å²) in [6.45, 7) is 2.06. The fourth-order valence-corrected chi connectivity index (χ4v) is 1.23. The van der Waals surface area contributed by atoms with Crippen molar-refractivity contribution in [3.8, 4) is 0 Å². The summed E-state index contributed by atoms with van der Waals surface area (Å²) in [5, 5.41) is 4.11. The molecule has 76 valence electrons. The molecule has 0 fully saturated rings. The number of aromatic nitrogens is 1. The third kappa shape index (κ3) is 2.71. The van der Waals surface area contributed by atoms with E-state index in [-0.39, 0.29) is 0 Å². The molecule has 0 saturated heterocycles. The van der Waals surface area contributed by atoms with Crippen LogP contribution in [0, 0.1) is 6.92 Å². The summed E-state index contributed by atoms with van der Waals surface area (Å²) < 4.78 is 0. The molecule has 0 saturated carbocycles. The largest absolute Gasteiger partial charge is 0.360 e. The summed E-state index contributed by atoms with van der Waals surface area (Å²) in [6.07, 6.45) is 3.62. The Morgan fingerprint density at radius 1 is 1.20 bits per heavy atom. The highest BCUT2D eigenvalue weighted by molar-refractivity contribution is 5.77. The van der Waals surface area contributed by atoms with Gasteiger partial charge in [-0.05, 0) is 31.2 Å². The van der Waals surface area contributed by atoms with Crippen LogP contribution in [0.1, 0.15) is 11.3 Å². The molecule has 2 N–H and O–H groups in total. The lowest BCUT2D eigenvalue weighted by Gasteiger charge is -1.99. The van der Waals surface area contributed by atoms with Gasteiger partial charge in [0.25, 0.3) is 0 Å². The van der Waals surface area contributed by atoms with E-state index in [1.807, 2.05) is 42.6 Å². The van der Waals surface area contributed by atoms with Crippen molar-refractivity contribution in [2.24, 2.45) is 5.10 Å². The number of anilines is 1. The highest BCUT2D eigenvalue weighted by Crippen LogP contribution is 2.07. The first-order valence-electron chi connectivity index (χ1n) is 4.84. The SMILES string of the molecule is Cc1ccc(NN=Cc2ccc[nH]2)cc1. The van der Waals surface area contributed by atoms with E-state index in [1.54, 1.807) is 6.21 Å². The lowest BCUT2D eigenvalue weighted by Crippen LogP contribution is -1.90. The predicted molar refractivity (Wildman–Crippen MR) is 63.2 cm³/mol. The Morgan fingerprint density at radius 2 is 2.00 bits per heavy atom. The smallest absolute Gasteiger partial charge is 0.0707 e. The van der Waals surface area contributed by atoms with Crippen LogP contribution >= 0.6 is 0 Å². The number of hydrazone groups is 1. The molecule has 1 aromatic carbocycles. The van der Waals surface area contributed by atoms with Crippen molar-refractivity contribution in [3.05, 3.63) is 53.9 Å². The minimum atomic E-state index is 0.981. The van der Waals surface area contributed by atoms with E-state index in [0.717, 1.165) is 11.4 Å². The van der Waals surface area contributed by atoms with Crippen molar-refractivity contribution in [2.45, 2.75) is 6.92 Å². The number of nitrogens with one attached hydrogen (secondary N) is 2. The Hall–Kier alpha value is -2.03. The quantitative estimate of drug-likeness (QED) is 0.579. The number of hydrogen-bond donors (Lipinski definition) is 2. The molecule has 0 unspecified atom stereocenters. The van der Waals surface area contributed by atoms with Crippen LogP contribution < -0.4 is 5.43 Å². The molecule has 15 heavy (non-hydrogen) atoms. The molecular formula is C12H13N3. The summed E-state index contributed by atoms with van der Waals surface area (Å²) in [5.41, 5.74) is 6.17. The minimum Gasteiger partial charge on any atom is -0.360 e. The second kappa shape index (κ2) is 4.46. The third-order valence-corrected chi connectivity index (χ3v) is 2.07. The fraction of sp³-hybridized carbons (Fsp3) is 0.0833. The molecule has 3 heteroatoms. The number of aryl methyl sites for hydroxylation is 1. The zero-order chi connectivity index (χ0) is 10.5. The van der Waals surface area contributed by atoms with Crippen molar-refractivity contribution >= 4 is 11.9 Å². The van der Waals surface area contributed by atoms with Gasteiger partial charge in [-0.25, -0.2) is 0 Å². The molecule has 2 aromatic rings. The molecular weight excluding hydrogens is 186 g/mol. The molecule has 0 aliphatic rings. The molecule has 0 bridgehead atoms. The van der Waals surface area contributed by atoms with E-state index in [1.165, 1.54) is 5.56 Å². The summed E-state index contributed by atoms with van der Waals surface area (Å²) in [4.78, 5) is 3.04. The van der Waals surface area contributed by atoms with E-state index in [9.17, 15) is 0 Å². The van der Waals surface area contributed by atoms with E-state index >= 15 is 0 Å². The maximum Gasteiger partial charge on any atom is 0.0707 e. The first-order valence-corrected chi connectivity index (χ1v) is 4.84. The average Bonchev–Trinajstić information content (AvgIpc) is 2.74. The fourth-order valence-electron chi connectivity index (χ4n) is 1.23. The molecule has 0 aliphatic carbocycles. The van der Waals surface area contributed by atoms with Gasteiger partial charge in [-0.2, -0.15) is 5.10 Å². The van der Waals surface area contributed by atoms with Crippen LogP contribution in [-0.4, -0.2) is 11.2 Å². The normalized spacial score (nSPS) is 10.7. The summed E-state index contributed by atoms with van der Waals surface area (Å²) in [7, 11) is 0. The number of H-pyrrole nitrogens is 1. The van der Waals surface area contributed by atoms with Gasteiger partial charge in [0.15, 0.2) is 0 Å². The molecule has 0 atom stereocenters. The van der Waals surface area contributed by atoms with Crippen molar-refractivity contribution < 1.29 is 0 Å². The maximum absolute atomic E-state index is 4.11. The summed E-state index contributed by atoms with van der Waals surface area (Å²) in [6, 6.07) is 12.0. The van der Waals surface area contributed by atoms with Gasteiger partial charge in [0, 0.05) is 6.20 Å². The Bertz CT molecular complexity index is 426. The highest BCUT2D eigenvalue weighted by atomic mass is 15.3. The zero-order valence-electron chi connectivity index (χ0n) is 8.57. The molecule has 0 radical (unpaired) electrons. The van der Waals surface area contributed by atoms with E-state index in [0.29, 0.717) is 0 Å². The van der Waals surface area contributed by atoms with Crippen LogP contribution in [0.15, 0.2) is 47.7 Å². The first kappa shape index (κ1) is 9.52. The zero-order valence-corrected chi connectivity index (χ0v) is 8.57. The molecule has 1 aromatic heterocycles. The third-order valence-electron chi connectivity index (χ3n) is 2.07. The number of aromatic amines is 1. The summed E-state index contributed by atoms with van der Waals surface area (Å²) in [5.74, 6) is 0. The minimum absolute atomic E-state index is 0.981. The van der Waals surface area contributed by atoms with Crippen LogP contribution in [0.3, 0.4) is 0 Å². The monoisotopic (exact) mass is 199 g/mol. The Labute approximate surface area is 88.8 Å². The van der Waals surface area contributed by atoms with Gasteiger partial charge in [-0.1, -0.05) is 17.7 Å². The van der Waals surface area contributed by atoms with Crippen LogP contribution in [0.2, 0.25) is 0 Å². The van der Waals surface area contributed by atoms with Crippen LogP contribution in [-0.2, 0) is 0 Å². The van der Waals surface area contributed by atoms with Crippen molar-refractivity contribution in [1.29, 1.82) is 0 Å². The van der Waals surface area contributed by atoms with Gasteiger partial charge in [0.1, 0.15) is 0 Å². The second-order valence-corrected chi connectivity index (χ2v) is 3.36. The van der Waals surface area contributed by atoms with Crippen LogP contribution in [0.25, 0.3) is 0 Å². The Balaban J connectivity index is 1.96. The van der Waals surface area contributed by atoms with Crippen LogP contribution in [0.4, 0.5) is 5.69 Å². The lowest BCUT2D eigenvalue weighted by atomic mass is 10.2. The van der Waals surface area contributed by atoms with Gasteiger partial charge in [-0.3, -0.25) is 5.43 Å². The number of rotatable bonds is 3. The summed E-state index contributed by atoms with van der Waals surface area (Å²) >= 11 is 0. The van der Waals surface area contributed by atoms with E-state index in [4.69, 9.17) is 0 Å². The highest BCUT2D eigenvalue weighted by Gasteiger charge is 1.88. The van der Waals surface area contributed by atoms with Gasteiger partial charge in [0.2, 0.25) is 0 Å². The Kier molecular flexibility index (Phi) is 2.83. The predicted octanol–water partition coefficient (Wildman–Crippen LogP) is 2.77. The second-order valence-electron chi connectivity index (χ2n) is 3.36. The standard InChI is InChI=1S/C12H13N3/c1-10-4-6-11(7-5-10)15-14-9-12-3-2-8-13-12/h2-9,13,15H,1H3. The van der Waals surface area contributed by atoms with Crippen molar-refractivity contribution in [2.75, 3.05) is 5.43 Å². The Morgan fingerprint density at radius 3 is 2.67 bits per heavy atom. The van der Waals surface area contributed by atoms with Crippen LogP contribution in [0.5, 0.6) is 0 Å². The number of nitrogens with zero attached hydrogens (tertiary/aromatic N) is 1.